The van der Waals surface area contributed by atoms with Gasteiger partial charge in [-0.2, -0.15) is 0 Å². The summed E-state index contributed by atoms with van der Waals surface area (Å²) in [7, 11) is 1.68. The van der Waals surface area contributed by atoms with Crippen LogP contribution in [0.1, 0.15) is 25.3 Å². The molecule has 4 heteroatoms. The Bertz CT molecular complexity index is 622. The highest BCUT2D eigenvalue weighted by atomic mass is 16.5. The SMILES string of the molecule is CCCCNC(N)=NCc1ccc2cc(OC)ccc2c1. The Morgan fingerprint density at radius 2 is 1.95 bits per heavy atom. The van der Waals surface area contributed by atoms with Crippen LogP contribution < -0.4 is 15.8 Å². The Hall–Kier alpha value is -2.23. The topological polar surface area (TPSA) is 59.6 Å². The van der Waals surface area contributed by atoms with E-state index in [9.17, 15) is 0 Å². The molecule has 0 amide bonds. The van der Waals surface area contributed by atoms with Gasteiger partial charge in [-0.15, -0.1) is 0 Å². The molecule has 0 spiro atoms. The Morgan fingerprint density at radius 3 is 2.71 bits per heavy atom. The predicted octanol–water partition coefficient (Wildman–Crippen LogP) is 3.05. The van der Waals surface area contributed by atoms with E-state index in [2.05, 4.69) is 41.5 Å². The van der Waals surface area contributed by atoms with Gasteiger partial charge in [0, 0.05) is 6.54 Å². The third-order valence-electron chi connectivity index (χ3n) is 3.38. The van der Waals surface area contributed by atoms with E-state index in [1.807, 2.05) is 12.1 Å². The van der Waals surface area contributed by atoms with E-state index < -0.39 is 0 Å². The highest BCUT2D eigenvalue weighted by molar-refractivity contribution is 5.84. The van der Waals surface area contributed by atoms with E-state index in [0.717, 1.165) is 36.1 Å². The summed E-state index contributed by atoms with van der Waals surface area (Å²) in [6.07, 6.45) is 2.25. The van der Waals surface area contributed by atoms with Crippen molar-refractivity contribution in [3.63, 3.8) is 0 Å². The van der Waals surface area contributed by atoms with Crippen molar-refractivity contribution in [1.82, 2.24) is 5.32 Å². The van der Waals surface area contributed by atoms with Gasteiger partial charge in [0.25, 0.3) is 0 Å². The van der Waals surface area contributed by atoms with Crippen LogP contribution in [0.4, 0.5) is 0 Å². The van der Waals surface area contributed by atoms with Crippen molar-refractivity contribution in [1.29, 1.82) is 0 Å². The van der Waals surface area contributed by atoms with Crippen LogP contribution >= 0.6 is 0 Å². The van der Waals surface area contributed by atoms with Crippen molar-refractivity contribution < 1.29 is 4.74 Å². The lowest BCUT2D eigenvalue weighted by molar-refractivity contribution is 0.415. The lowest BCUT2D eigenvalue weighted by Crippen LogP contribution is -2.32. The smallest absolute Gasteiger partial charge is 0.188 e. The van der Waals surface area contributed by atoms with Crippen LogP contribution in [0.2, 0.25) is 0 Å². The molecule has 0 radical (unpaired) electrons. The van der Waals surface area contributed by atoms with Crippen LogP contribution in [0.3, 0.4) is 0 Å². The van der Waals surface area contributed by atoms with E-state index in [-0.39, 0.29) is 0 Å². The number of hydrogen-bond acceptors (Lipinski definition) is 2. The van der Waals surface area contributed by atoms with E-state index >= 15 is 0 Å². The van der Waals surface area contributed by atoms with Gasteiger partial charge in [-0.3, -0.25) is 0 Å². The second kappa shape index (κ2) is 7.53. The predicted molar refractivity (Wildman–Crippen MR) is 88.7 cm³/mol. The van der Waals surface area contributed by atoms with E-state index in [4.69, 9.17) is 10.5 Å². The fourth-order valence-electron chi connectivity index (χ4n) is 2.12. The maximum atomic E-state index is 5.84. The molecule has 0 aliphatic rings. The molecular formula is C17H23N3O. The minimum Gasteiger partial charge on any atom is -0.497 e. The van der Waals surface area contributed by atoms with Gasteiger partial charge in [-0.25, -0.2) is 4.99 Å². The summed E-state index contributed by atoms with van der Waals surface area (Å²) in [5.41, 5.74) is 6.98. The lowest BCUT2D eigenvalue weighted by atomic mass is 10.1. The number of methoxy groups -OCH3 is 1. The van der Waals surface area contributed by atoms with Gasteiger partial charge in [-0.05, 0) is 41.0 Å². The molecule has 2 aromatic rings. The Kier molecular flexibility index (Phi) is 5.43. The van der Waals surface area contributed by atoms with Gasteiger partial charge in [0.05, 0.1) is 13.7 Å². The monoisotopic (exact) mass is 285 g/mol. The molecule has 2 aromatic carbocycles. The van der Waals surface area contributed by atoms with Gasteiger partial charge in [-0.1, -0.05) is 31.5 Å². The number of nitrogens with two attached hydrogens (primary N) is 1. The molecule has 0 aliphatic heterocycles. The maximum absolute atomic E-state index is 5.84. The molecule has 0 saturated heterocycles. The van der Waals surface area contributed by atoms with Crippen LogP contribution in [0.25, 0.3) is 10.8 Å². The molecule has 0 bridgehead atoms. The summed E-state index contributed by atoms with van der Waals surface area (Å²) in [4.78, 5) is 4.37. The quantitative estimate of drug-likeness (QED) is 0.487. The molecule has 0 aromatic heterocycles. The number of unbranched alkanes of at least 4 members (excludes halogenated alkanes) is 1. The number of fused-ring (bicyclic) bond motifs is 1. The number of rotatable bonds is 6. The lowest BCUT2D eigenvalue weighted by Gasteiger charge is -2.06. The summed E-state index contributed by atoms with van der Waals surface area (Å²) in [5, 5.41) is 5.46. The first-order valence-electron chi connectivity index (χ1n) is 7.33. The fraction of sp³-hybridized carbons (Fsp3) is 0.353. The molecule has 4 nitrogen and oxygen atoms in total. The Morgan fingerprint density at radius 1 is 1.19 bits per heavy atom. The van der Waals surface area contributed by atoms with Crippen molar-refractivity contribution in [2.75, 3.05) is 13.7 Å². The van der Waals surface area contributed by atoms with E-state index in [1.54, 1.807) is 7.11 Å². The summed E-state index contributed by atoms with van der Waals surface area (Å²) in [6, 6.07) is 12.4. The van der Waals surface area contributed by atoms with E-state index in [1.165, 1.54) is 5.39 Å². The third-order valence-corrected chi connectivity index (χ3v) is 3.38. The molecule has 0 aliphatic carbocycles. The minimum atomic E-state index is 0.512. The number of nitrogens with one attached hydrogen (secondary N) is 1. The highest BCUT2D eigenvalue weighted by Gasteiger charge is 1.99. The maximum Gasteiger partial charge on any atom is 0.188 e. The Labute approximate surface area is 126 Å². The summed E-state index contributed by atoms with van der Waals surface area (Å²) >= 11 is 0. The fourth-order valence-corrected chi connectivity index (χ4v) is 2.12. The molecule has 0 saturated carbocycles. The normalized spacial score (nSPS) is 11.6. The third kappa shape index (κ3) is 4.38. The van der Waals surface area contributed by atoms with Crippen molar-refractivity contribution in [3.8, 4) is 5.75 Å². The molecule has 0 atom stereocenters. The number of nitrogens with zero attached hydrogens (tertiary/aromatic N) is 1. The summed E-state index contributed by atoms with van der Waals surface area (Å²) in [6.45, 7) is 3.62. The van der Waals surface area contributed by atoms with Crippen LogP contribution in [-0.2, 0) is 6.54 Å². The van der Waals surface area contributed by atoms with E-state index in [0.29, 0.717) is 12.5 Å². The molecule has 112 valence electrons. The van der Waals surface area contributed by atoms with Crippen LogP contribution in [0.5, 0.6) is 5.75 Å². The first kappa shape index (κ1) is 15.2. The van der Waals surface area contributed by atoms with Gasteiger partial charge < -0.3 is 15.8 Å². The van der Waals surface area contributed by atoms with Crippen LogP contribution in [-0.4, -0.2) is 19.6 Å². The zero-order valence-electron chi connectivity index (χ0n) is 12.7. The van der Waals surface area contributed by atoms with Crippen molar-refractivity contribution in [3.05, 3.63) is 42.0 Å². The highest BCUT2D eigenvalue weighted by Crippen LogP contribution is 2.22. The average Bonchev–Trinajstić information content (AvgIpc) is 2.52. The average molecular weight is 285 g/mol. The number of guanidine groups is 1. The van der Waals surface area contributed by atoms with Crippen molar-refractivity contribution in [2.45, 2.75) is 26.3 Å². The first-order valence-corrected chi connectivity index (χ1v) is 7.33. The van der Waals surface area contributed by atoms with Gasteiger partial charge >= 0.3 is 0 Å². The molecular weight excluding hydrogens is 262 g/mol. The summed E-state index contributed by atoms with van der Waals surface area (Å²) in [5.74, 6) is 1.39. The number of benzene rings is 2. The number of hydrogen-bond donors (Lipinski definition) is 2. The molecule has 2 rings (SSSR count). The van der Waals surface area contributed by atoms with Gasteiger partial charge in [0.1, 0.15) is 5.75 Å². The van der Waals surface area contributed by atoms with Crippen molar-refractivity contribution >= 4 is 16.7 Å². The zero-order chi connectivity index (χ0) is 15.1. The standard InChI is InChI=1S/C17H23N3O/c1-3-4-9-19-17(18)20-12-13-5-6-15-11-16(21-2)8-7-14(15)10-13/h5-8,10-11H,3-4,9,12H2,1-2H3,(H3,18,19,20). The minimum absolute atomic E-state index is 0.512. The van der Waals surface area contributed by atoms with Crippen LogP contribution in [0, 0.1) is 0 Å². The van der Waals surface area contributed by atoms with Gasteiger partial charge in [0.2, 0.25) is 0 Å². The zero-order valence-corrected chi connectivity index (χ0v) is 12.7. The molecule has 21 heavy (non-hydrogen) atoms. The number of aliphatic imine (C=N–C) groups is 1. The summed E-state index contributed by atoms with van der Waals surface area (Å²) < 4.78 is 5.23. The largest absolute Gasteiger partial charge is 0.497 e. The first-order chi connectivity index (χ1) is 10.2. The molecule has 0 unspecified atom stereocenters. The van der Waals surface area contributed by atoms with Crippen LogP contribution in [0.15, 0.2) is 41.4 Å². The van der Waals surface area contributed by atoms with Gasteiger partial charge in [0.15, 0.2) is 5.96 Å². The molecule has 3 N–H and O–H groups in total. The molecule has 0 fully saturated rings. The second-order valence-electron chi connectivity index (χ2n) is 5.03. The molecule has 0 heterocycles. The second-order valence-corrected chi connectivity index (χ2v) is 5.03. The Balaban J connectivity index is 2.04. The number of ether oxygens (including phenoxy) is 1. The van der Waals surface area contributed by atoms with Crippen molar-refractivity contribution in [2.24, 2.45) is 10.7 Å².